The lowest BCUT2D eigenvalue weighted by molar-refractivity contribution is -0.151. The van der Waals surface area contributed by atoms with E-state index in [0.717, 1.165) is 51.1 Å². The molecule has 1 unspecified atom stereocenters. The number of hydrogen-bond acceptors (Lipinski definition) is 7. The minimum atomic E-state index is -0.306. The molecule has 1 atom stereocenters. The van der Waals surface area contributed by atoms with Gasteiger partial charge >= 0.3 is 5.97 Å². The minimum Gasteiger partial charge on any atom is -0.461 e. The Kier molecular flexibility index (Phi) is 5.25. The zero-order valence-corrected chi connectivity index (χ0v) is 16.9. The molecule has 2 aromatic rings. The number of rotatable bonds is 6. The predicted octanol–water partition coefficient (Wildman–Crippen LogP) is 1.75. The second-order valence-electron chi connectivity index (χ2n) is 8.35. The van der Waals surface area contributed by atoms with Crippen molar-refractivity contribution in [3.05, 3.63) is 35.5 Å². The van der Waals surface area contributed by atoms with Crippen LogP contribution < -0.4 is 0 Å². The van der Waals surface area contributed by atoms with Crippen LogP contribution in [-0.4, -0.2) is 63.5 Å². The molecule has 0 saturated carbocycles. The van der Waals surface area contributed by atoms with Crippen LogP contribution in [0.1, 0.15) is 36.2 Å². The third-order valence-corrected chi connectivity index (χ3v) is 6.31. The van der Waals surface area contributed by atoms with Gasteiger partial charge in [0.25, 0.3) is 0 Å². The second-order valence-corrected chi connectivity index (χ2v) is 8.35. The maximum absolute atomic E-state index is 12.7. The third kappa shape index (κ3) is 3.84. The van der Waals surface area contributed by atoms with Crippen LogP contribution in [0.15, 0.2) is 23.0 Å². The molecular formula is C20H29N5O3. The van der Waals surface area contributed by atoms with Gasteiger partial charge in [-0.15, -0.1) is 0 Å². The summed E-state index contributed by atoms with van der Waals surface area (Å²) in [6.45, 7) is 6.25. The summed E-state index contributed by atoms with van der Waals surface area (Å²) < 4.78 is 12.6. The van der Waals surface area contributed by atoms with Crippen LogP contribution >= 0.6 is 0 Å². The molecular weight excluding hydrogens is 358 g/mol. The molecule has 4 rings (SSSR count). The first-order valence-electron chi connectivity index (χ1n) is 9.94. The highest BCUT2D eigenvalue weighted by Crippen LogP contribution is 2.43. The fraction of sp³-hybridized carbons (Fsp3) is 0.650. The van der Waals surface area contributed by atoms with E-state index in [2.05, 4.69) is 27.0 Å². The first kappa shape index (κ1) is 19.1. The highest BCUT2D eigenvalue weighted by atomic mass is 16.6. The van der Waals surface area contributed by atoms with Crippen LogP contribution in [0.4, 0.5) is 0 Å². The molecule has 0 bridgehead atoms. The number of hydrogen-bond donors (Lipinski definition) is 0. The Morgan fingerprint density at radius 3 is 2.79 bits per heavy atom. The summed E-state index contributed by atoms with van der Waals surface area (Å²) >= 11 is 0. The van der Waals surface area contributed by atoms with Gasteiger partial charge in [-0.05, 0) is 39.9 Å². The number of aromatic nitrogens is 3. The van der Waals surface area contributed by atoms with Crippen LogP contribution in [0.3, 0.4) is 0 Å². The highest BCUT2D eigenvalue weighted by molar-refractivity contribution is 5.79. The Morgan fingerprint density at radius 1 is 1.36 bits per heavy atom. The van der Waals surface area contributed by atoms with Crippen LogP contribution in [0, 0.1) is 12.3 Å². The van der Waals surface area contributed by atoms with Crippen molar-refractivity contribution in [1.82, 2.24) is 24.7 Å². The number of ether oxygens (including phenoxy) is 1. The SMILES string of the molecule is Cc1c(CN2CCC3(CC2)CC(CN(C)Cc2ccon2)OC3=O)cnn1C. The number of aryl methyl sites for hydroxylation is 1. The predicted molar refractivity (Wildman–Crippen MR) is 102 cm³/mol. The van der Waals surface area contributed by atoms with Crippen LogP contribution in [0.2, 0.25) is 0 Å². The molecule has 0 N–H and O–H groups in total. The van der Waals surface area contributed by atoms with Crippen molar-refractivity contribution >= 4 is 5.97 Å². The summed E-state index contributed by atoms with van der Waals surface area (Å²) in [6, 6.07) is 1.86. The smallest absolute Gasteiger partial charge is 0.312 e. The number of esters is 1. The van der Waals surface area contributed by atoms with E-state index in [-0.39, 0.29) is 17.5 Å². The van der Waals surface area contributed by atoms with Crippen molar-refractivity contribution in [3.63, 3.8) is 0 Å². The zero-order valence-electron chi connectivity index (χ0n) is 16.9. The van der Waals surface area contributed by atoms with Gasteiger partial charge < -0.3 is 9.26 Å². The van der Waals surface area contributed by atoms with Gasteiger partial charge in [0.2, 0.25) is 0 Å². The Morgan fingerprint density at radius 2 is 2.14 bits per heavy atom. The zero-order chi connectivity index (χ0) is 19.7. The summed E-state index contributed by atoms with van der Waals surface area (Å²) in [5.41, 5.74) is 3.05. The maximum Gasteiger partial charge on any atom is 0.312 e. The molecule has 2 aliphatic heterocycles. The number of likely N-dealkylation sites (N-methyl/N-ethyl adjacent to an activating group) is 1. The molecule has 4 heterocycles. The number of nitrogens with zero attached hydrogens (tertiary/aromatic N) is 5. The van der Waals surface area contributed by atoms with E-state index in [9.17, 15) is 4.79 Å². The van der Waals surface area contributed by atoms with Gasteiger partial charge in [0.05, 0.1) is 17.3 Å². The van der Waals surface area contributed by atoms with Crippen molar-refractivity contribution < 1.29 is 14.1 Å². The molecule has 2 aliphatic rings. The maximum atomic E-state index is 12.7. The van der Waals surface area contributed by atoms with Crippen molar-refractivity contribution in [1.29, 1.82) is 0 Å². The average molecular weight is 387 g/mol. The molecule has 1 spiro atoms. The Bertz CT molecular complexity index is 808. The fourth-order valence-electron chi connectivity index (χ4n) is 4.43. The lowest BCUT2D eigenvalue weighted by Gasteiger charge is -2.36. The van der Waals surface area contributed by atoms with Crippen LogP contribution in [0.5, 0.6) is 0 Å². The topological polar surface area (TPSA) is 76.6 Å². The van der Waals surface area contributed by atoms with E-state index in [1.165, 1.54) is 11.3 Å². The highest BCUT2D eigenvalue weighted by Gasteiger charge is 2.50. The van der Waals surface area contributed by atoms with Crippen molar-refractivity contribution in [2.24, 2.45) is 12.5 Å². The molecule has 0 aromatic carbocycles. The number of cyclic esters (lactones) is 1. The fourth-order valence-corrected chi connectivity index (χ4v) is 4.43. The lowest BCUT2D eigenvalue weighted by Crippen LogP contribution is -2.42. The Balaban J connectivity index is 1.30. The van der Waals surface area contributed by atoms with E-state index < -0.39 is 0 Å². The third-order valence-electron chi connectivity index (χ3n) is 6.31. The molecule has 2 aromatic heterocycles. The second kappa shape index (κ2) is 7.67. The average Bonchev–Trinajstić information content (AvgIpc) is 3.35. The van der Waals surface area contributed by atoms with Crippen molar-refractivity contribution in [2.45, 2.75) is 45.4 Å². The molecule has 0 radical (unpaired) electrons. The normalized spacial score (nSPS) is 22.3. The van der Waals surface area contributed by atoms with Crippen LogP contribution in [-0.2, 0) is 29.7 Å². The number of carbonyl (C=O) groups is 1. The van der Waals surface area contributed by atoms with E-state index in [1.54, 1.807) is 6.26 Å². The van der Waals surface area contributed by atoms with Gasteiger partial charge in [0.1, 0.15) is 12.4 Å². The molecule has 8 nitrogen and oxygen atoms in total. The summed E-state index contributed by atoms with van der Waals surface area (Å²) in [6.07, 6.45) is 6.04. The summed E-state index contributed by atoms with van der Waals surface area (Å²) in [4.78, 5) is 17.2. The van der Waals surface area contributed by atoms with Gasteiger partial charge in [-0.25, -0.2) is 0 Å². The van der Waals surface area contributed by atoms with Gasteiger partial charge in [-0.3, -0.25) is 19.3 Å². The van der Waals surface area contributed by atoms with Gasteiger partial charge in [-0.1, -0.05) is 5.16 Å². The lowest BCUT2D eigenvalue weighted by atomic mass is 9.76. The van der Waals surface area contributed by atoms with Gasteiger partial charge in [-0.2, -0.15) is 5.10 Å². The summed E-state index contributed by atoms with van der Waals surface area (Å²) in [5, 5.41) is 8.27. The van der Waals surface area contributed by atoms with E-state index in [0.29, 0.717) is 6.54 Å². The summed E-state index contributed by atoms with van der Waals surface area (Å²) in [5.74, 6) is -0.00968. The molecule has 0 amide bonds. The van der Waals surface area contributed by atoms with E-state index >= 15 is 0 Å². The number of likely N-dealkylation sites (tertiary alicyclic amines) is 1. The quantitative estimate of drug-likeness (QED) is 0.699. The molecule has 8 heteroatoms. The monoisotopic (exact) mass is 387 g/mol. The van der Waals surface area contributed by atoms with Gasteiger partial charge in [0.15, 0.2) is 0 Å². The molecule has 28 heavy (non-hydrogen) atoms. The first-order chi connectivity index (χ1) is 13.4. The summed E-state index contributed by atoms with van der Waals surface area (Å²) in [7, 11) is 3.99. The van der Waals surface area contributed by atoms with Crippen LogP contribution in [0.25, 0.3) is 0 Å². The van der Waals surface area contributed by atoms with Crippen molar-refractivity contribution in [2.75, 3.05) is 26.7 Å². The largest absolute Gasteiger partial charge is 0.461 e. The molecule has 2 saturated heterocycles. The van der Waals surface area contributed by atoms with Gasteiger partial charge in [0, 0.05) is 50.4 Å². The molecule has 0 aliphatic carbocycles. The number of piperidine rings is 1. The number of carbonyl (C=O) groups excluding carboxylic acids is 1. The van der Waals surface area contributed by atoms with E-state index in [4.69, 9.17) is 9.26 Å². The van der Waals surface area contributed by atoms with E-state index in [1.807, 2.05) is 31.0 Å². The first-order valence-corrected chi connectivity index (χ1v) is 9.94. The standard InChI is InChI=1S/C20H29N5O3/c1-15-16(11-21-24(15)3)12-25-7-5-20(6-8-25)10-18(28-19(20)26)14-23(2)13-17-4-9-27-22-17/h4,9,11,18H,5-8,10,12-14H2,1-3H3. The van der Waals surface area contributed by atoms with Crippen molar-refractivity contribution in [3.8, 4) is 0 Å². The molecule has 152 valence electrons. The molecule has 2 fully saturated rings. The Labute approximate surface area is 165 Å². The Hall–Kier alpha value is -2.19. The minimum absolute atomic E-state index is 0.00968.